The van der Waals surface area contributed by atoms with Crippen molar-refractivity contribution >= 4 is 22.9 Å². The normalized spacial score (nSPS) is 10.3. The first-order chi connectivity index (χ1) is 8.66. The third kappa shape index (κ3) is 3.13. The van der Waals surface area contributed by atoms with Gasteiger partial charge in [0.25, 0.3) is 0 Å². The summed E-state index contributed by atoms with van der Waals surface area (Å²) in [6.07, 6.45) is 0.507. The van der Waals surface area contributed by atoms with E-state index in [0.29, 0.717) is 18.8 Å². The van der Waals surface area contributed by atoms with Crippen LogP contribution in [0.5, 0.6) is 0 Å². The Kier molecular flexibility index (Phi) is 4.04. The van der Waals surface area contributed by atoms with Crippen molar-refractivity contribution in [1.82, 2.24) is 10.2 Å². The van der Waals surface area contributed by atoms with Crippen molar-refractivity contribution in [2.24, 2.45) is 0 Å². The zero-order valence-corrected chi connectivity index (χ0v) is 11.3. The Hall–Kier alpha value is -1.75. The first-order valence-corrected chi connectivity index (χ1v) is 6.66. The van der Waals surface area contributed by atoms with Crippen LogP contribution < -0.4 is 5.32 Å². The second-order valence-electron chi connectivity index (χ2n) is 4.12. The summed E-state index contributed by atoms with van der Waals surface area (Å²) in [6, 6.07) is 5.91. The fourth-order valence-corrected chi connectivity index (χ4v) is 2.44. The molecule has 0 fully saturated rings. The van der Waals surface area contributed by atoms with Crippen LogP contribution in [-0.2, 0) is 4.79 Å². The van der Waals surface area contributed by atoms with Gasteiger partial charge in [-0.3, -0.25) is 4.79 Å². The van der Waals surface area contributed by atoms with Gasteiger partial charge in [-0.15, -0.1) is 21.5 Å². The van der Waals surface area contributed by atoms with Crippen molar-refractivity contribution in [3.63, 3.8) is 0 Å². The Labute approximate surface area is 110 Å². The number of rotatable bonds is 5. The van der Waals surface area contributed by atoms with Gasteiger partial charge in [-0.05, 0) is 43.0 Å². The smallest absolute Gasteiger partial charge is 0.148 e. The molecule has 2 heterocycles. The van der Waals surface area contributed by atoms with E-state index in [1.54, 1.807) is 18.3 Å². The Morgan fingerprint density at radius 3 is 2.72 bits per heavy atom. The SMILES string of the molecule is CC(=O)CCNc1ccc(-c2sccc2C)nn1. The molecule has 0 bridgehead atoms. The van der Waals surface area contributed by atoms with E-state index in [1.807, 2.05) is 17.5 Å². The molecule has 0 amide bonds. The number of thiophene rings is 1. The lowest BCUT2D eigenvalue weighted by molar-refractivity contribution is -0.116. The highest BCUT2D eigenvalue weighted by Gasteiger charge is 2.05. The predicted molar refractivity (Wildman–Crippen MR) is 73.9 cm³/mol. The molecule has 0 atom stereocenters. The van der Waals surface area contributed by atoms with Crippen molar-refractivity contribution in [3.05, 3.63) is 29.1 Å². The van der Waals surface area contributed by atoms with E-state index in [9.17, 15) is 4.79 Å². The fraction of sp³-hybridized carbons (Fsp3) is 0.308. The lowest BCUT2D eigenvalue weighted by Crippen LogP contribution is -2.07. The van der Waals surface area contributed by atoms with Gasteiger partial charge in [-0.2, -0.15) is 0 Å². The molecule has 0 unspecified atom stereocenters. The summed E-state index contributed by atoms with van der Waals surface area (Å²) in [5.74, 6) is 0.871. The highest BCUT2D eigenvalue weighted by atomic mass is 32.1. The number of ketones is 1. The summed E-state index contributed by atoms with van der Waals surface area (Å²) in [4.78, 5) is 12.0. The van der Waals surface area contributed by atoms with Crippen LogP contribution in [0.1, 0.15) is 18.9 Å². The molecular formula is C13H15N3OS. The highest BCUT2D eigenvalue weighted by Crippen LogP contribution is 2.26. The van der Waals surface area contributed by atoms with Gasteiger partial charge in [-0.25, -0.2) is 0 Å². The van der Waals surface area contributed by atoms with Gasteiger partial charge in [0.2, 0.25) is 0 Å². The number of hydrogen-bond acceptors (Lipinski definition) is 5. The van der Waals surface area contributed by atoms with Crippen molar-refractivity contribution in [2.45, 2.75) is 20.3 Å². The number of nitrogens with one attached hydrogen (secondary N) is 1. The van der Waals surface area contributed by atoms with Crippen molar-refractivity contribution in [3.8, 4) is 10.6 Å². The molecule has 0 aliphatic heterocycles. The Morgan fingerprint density at radius 1 is 1.33 bits per heavy atom. The lowest BCUT2D eigenvalue weighted by atomic mass is 10.2. The van der Waals surface area contributed by atoms with E-state index >= 15 is 0 Å². The summed E-state index contributed by atoms with van der Waals surface area (Å²) in [5.41, 5.74) is 2.10. The first-order valence-electron chi connectivity index (χ1n) is 5.78. The van der Waals surface area contributed by atoms with Crippen LogP contribution in [0.3, 0.4) is 0 Å². The van der Waals surface area contributed by atoms with E-state index in [-0.39, 0.29) is 5.78 Å². The monoisotopic (exact) mass is 261 g/mol. The minimum atomic E-state index is 0.168. The maximum atomic E-state index is 10.8. The number of Topliss-reactive ketones (excluding diaryl/α,β-unsaturated/α-hetero) is 1. The van der Waals surface area contributed by atoms with Crippen LogP contribution >= 0.6 is 11.3 Å². The molecule has 0 spiro atoms. The van der Waals surface area contributed by atoms with Crippen molar-refractivity contribution < 1.29 is 4.79 Å². The Bertz CT molecular complexity index is 533. The van der Waals surface area contributed by atoms with Gasteiger partial charge in [0.1, 0.15) is 17.3 Å². The molecule has 94 valence electrons. The molecule has 0 aliphatic carbocycles. The molecule has 2 aromatic rings. The summed E-state index contributed by atoms with van der Waals surface area (Å²) in [6.45, 7) is 4.24. The average molecular weight is 261 g/mol. The summed E-state index contributed by atoms with van der Waals surface area (Å²) in [7, 11) is 0. The van der Waals surface area contributed by atoms with E-state index in [2.05, 4.69) is 28.5 Å². The van der Waals surface area contributed by atoms with Gasteiger partial charge in [-0.1, -0.05) is 0 Å². The molecule has 4 nitrogen and oxygen atoms in total. The van der Waals surface area contributed by atoms with E-state index < -0.39 is 0 Å². The largest absolute Gasteiger partial charge is 0.368 e. The zero-order chi connectivity index (χ0) is 13.0. The molecular weight excluding hydrogens is 246 g/mol. The predicted octanol–water partition coefficient (Wildman–Crippen LogP) is 2.90. The molecule has 0 aromatic carbocycles. The third-order valence-electron chi connectivity index (χ3n) is 2.54. The van der Waals surface area contributed by atoms with E-state index in [4.69, 9.17) is 0 Å². The molecule has 2 rings (SSSR count). The van der Waals surface area contributed by atoms with Crippen LogP contribution in [0.15, 0.2) is 23.6 Å². The number of carbonyl (C=O) groups excluding carboxylic acids is 1. The molecule has 18 heavy (non-hydrogen) atoms. The number of aryl methyl sites for hydroxylation is 1. The lowest BCUT2D eigenvalue weighted by Gasteiger charge is -2.04. The minimum Gasteiger partial charge on any atom is -0.368 e. The molecule has 5 heteroatoms. The molecule has 2 aromatic heterocycles. The van der Waals surface area contributed by atoms with Crippen LogP contribution in [0, 0.1) is 6.92 Å². The van der Waals surface area contributed by atoms with Gasteiger partial charge in [0.05, 0.1) is 4.88 Å². The molecule has 0 saturated heterocycles. The Morgan fingerprint density at radius 2 is 2.17 bits per heavy atom. The first kappa shape index (κ1) is 12.7. The quantitative estimate of drug-likeness (QED) is 0.899. The maximum absolute atomic E-state index is 10.8. The van der Waals surface area contributed by atoms with Gasteiger partial charge in [0, 0.05) is 13.0 Å². The van der Waals surface area contributed by atoms with Crippen molar-refractivity contribution in [2.75, 3.05) is 11.9 Å². The second-order valence-corrected chi connectivity index (χ2v) is 5.03. The topological polar surface area (TPSA) is 54.9 Å². The molecule has 0 aliphatic rings. The average Bonchev–Trinajstić information content (AvgIpc) is 2.76. The fourth-order valence-electron chi connectivity index (χ4n) is 1.55. The summed E-state index contributed by atoms with van der Waals surface area (Å²) < 4.78 is 0. The van der Waals surface area contributed by atoms with Gasteiger partial charge < -0.3 is 5.32 Å². The standard InChI is InChI=1S/C13H15N3OS/c1-9-6-8-18-13(9)11-3-4-12(16-15-11)14-7-5-10(2)17/h3-4,6,8H,5,7H2,1-2H3,(H,14,16). The van der Waals surface area contributed by atoms with E-state index in [0.717, 1.165) is 10.6 Å². The summed E-state index contributed by atoms with van der Waals surface area (Å²) in [5, 5.41) is 13.4. The van der Waals surface area contributed by atoms with Crippen LogP contribution in [0.4, 0.5) is 5.82 Å². The molecule has 0 saturated carbocycles. The number of nitrogens with zero attached hydrogens (tertiary/aromatic N) is 2. The number of hydrogen-bond donors (Lipinski definition) is 1. The van der Waals surface area contributed by atoms with Crippen LogP contribution in [-0.4, -0.2) is 22.5 Å². The zero-order valence-electron chi connectivity index (χ0n) is 10.4. The Balaban J connectivity index is 2.02. The third-order valence-corrected chi connectivity index (χ3v) is 3.58. The van der Waals surface area contributed by atoms with Crippen LogP contribution in [0.25, 0.3) is 10.6 Å². The van der Waals surface area contributed by atoms with E-state index in [1.165, 1.54) is 5.56 Å². The molecule has 1 N–H and O–H groups in total. The molecule has 0 radical (unpaired) electrons. The number of aromatic nitrogens is 2. The minimum absolute atomic E-state index is 0.168. The number of carbonyl (C=O) groups is 1. The van der Waals surface area contributed by atoms with Gasteiger partial charge in [0.15, 0.2) is 0 Å². The highest BCUT2D eigenvalue weighted by molar-refractivity contribution is 7.13. The maximum Gasteiger partial charge on any atom is 0.148 e. The van der Waals surface area contributed by atoms with Crippen molar-refractivity contribution in [1.29, 1.82) is 0 Å². The van der Waals surface area contributed by atoms with Crippen LogP contribution in [0.2, 0.25) is 0 Å². The second kappa shape index (κ2) is 5.73. The number of anilines is 1. The summed E-state index contributed by atoms with van der Waals surface area (Å²) >= 11 is 1.66. The van der Waals surface area contributed by atoms with Gasteiger partial charge >= 0.3 is 0 Å².